The number of benzene rings is 1. The molecule has 0 aliphatic carbocycles. The Labute approximate surface area is 210 Å². The van der Waals surface area contributed by atoms with Crippen LogP contribution in [0.5, 0.6) is 0 Å². The second kappa shape index (κ2) is 14.0. The lowest BCUT2D eigenvalue weighted by atomic mass is 10.1. The molecule has 4 N–H and O–H groups in total. The molecule has 1 aromatic carbocycles. The highest BCUT2D eigenvalue weighted by molar-refractivity contribution is 6.04. The van der Waals surface area contributed by atoms with Gasteiger partial charge >= 0.3 is 6.09 Å². The molecule has 0 saturated carbocycles. The van der Waals surface area contributed by atoms with Crippen molar-refractivity contribution < 1.29 is 50.9 Å². The minimum atomic E-state index is -2.48. The number of carboxylic acid groups (broad SMARTS) is 1. The van der Waals surface area contributed by atoms with Gasteiger partial charge in [0.25, 0.3) is 5.91 Å². The van der Waals surface area contributed by atoms with Gasteiger partial charge in [-0.15, -0.1) is 0 Å². The van der Waals surface area contributed by atoms with E-state index in [4.69, 9.17) is 20.3 Å². The van der Waals surface area contributed by atoms with Crippen LogP contribution in [0.25, 0.3) is 0 Å². The SMILES string of the molecule is CCOC(CN(C(=O)C(C)N(C(=O)C(CN)NC(=O)O)c1c(F)c(F)c(F)c(F)c1F)C(C)C)OCC. The molecule has 0 aliphatic rings. The van der Waals surface area contributed by atoms with Crippen LogP contribution in [0.3, 0.4) is 0 Å². The number of amides is 3. The number of nitrogens with one attached hydrogen (secondary N) is 1. The highest BCUT2D eigenvalue weighted by Crippen LogP contribution is 2.32. The Morgan fingerprint density at radius 1 is 0.892 bits per heavy atom. The van der Waals surface area contributed by atoms with Gasteiger partial charge in [0.15, 0.2) is 29.6 Å². The lowest BCUT2D eigenvalue weighted by Crippen LogP contribution is -2.59. The van der Waals surface area contributed by atoms with E-state index in [1.54, 1.807) is 33.0 Å². The van der Waals surface area contributed by atoms with Crippen LogP contribution in [-0.2, 0) is 19.1 Å². The zero-order valence-electron chi connectivity index (χ0n) is 21.0. The van der Waals surface area contributed by atoms with Crippen molar-refractivity contribution in [2.45, 2.75) is 59.0 Å². The summed E-state index contributed by atoms with van der Waals surface area (Å²) < 4.78 is 82.2. The first kappa shape index (κ1) is 32.0. The molecule has 10 nitrogen and oxygen atoms in total. The maximum absolute atomic E-state index is 14.8. The van der Waals surface area contributed by atoms with Gasteiger partial charge in [-0.05, 0) is 34.6 Å². The predicted octanol–water partition coefficient (Wildman–Crippen LogP) is 2.33. The number of carbonyl (C=O) groups excluding carboxylic acids is 2. The molecule has 0 aromatic heterocycles. The number of halogens is 5. The van der Waals surface area contributed by atoms with Gasteiger partial charge in [0.05, 0.1) is 6.54 Å². The number of anilines is 1. The van der Waals surface area contributed by atoms with E-state index in [9.17, 15) is 36.3 Å². The molecule has 3 amide bonds. The van der Waals surface area contributed by atoms with Crippen molar-refractivity contribution in [1.82, 2.24) is 10.2 Å². The smallest absolute Gasteiger partial charge is 0.405 e. The average Bonchev–Trinajstić information content (AvgIpc) is 2.84. The number of ether oxygens (including phenoxy) is 2. The van der Waals surface area contributed by atoms with E-state index < -0.39 is 83.6 Å². The van der Waals surface area contributed by atoms with Crippen LogP contribution in [0.2, 0.25) is 0 Å². The summed E-state index contributed by atoms with van der Waals surface area (Å²) in [5.74, 6) is -14.5. The third-order valence-electron chi connectivity index (χ3n) is 5.20. The normalized spacial score (nSPS) is 13.0. The lowest BCUT2D eigenvalue weighted by Gasteiger charge is -2.37. The molecule has 210 valence electrons. The quantitative estimate of drug-likeness (QED) is 0.151. The molecular weight excluding hydrogens is 511 g/mol. The van der Waals surface area contributed by atoms with Gasteiger partial charge in [0.2, 0.25) is 11.7 Å². The van der Waals surface area contributed by atoms with E-state index >= 15 is 0 Å². The summed E-state index contributed by atoms with van der Waals surface area (Å²) in [7, 11) is 0. The summed E-state index contributed by atoms with van der Waals surface area (Å²) in [6.45, 7) is 6.89. The molecule has 0 aliphatic heterocycles. The zero-order valence-corrected chi connectivity index (χ0v) is 21.0. The van der Waals surface area contributed by atoms with Gasteiger partial charge in [0, 0.05) is 25.8 Å². The topological polar surface area (TPSA) is 134 Å². The summed E-state index contributed by atoms with van der Waals surface area (Å²) >= 11 is 0. The Morgan fingerprint density at radius 3 is 1.73 bits per heavy atom. The second-order valence-electron chi connectivity index (χ2n) is 7.97. The van der Waals surface area contributed by atoms with Crippen LogP contribution in [0, 0.1) is 29.1 Å². The number of nitrogens with zero attached hydrogens (tertiary/aromatic N) is 2. The van der Waals surface area contributed by atoms with Gasteiger partial charge in [-0.2, -0.15) is 0 Å². The molecule has 0 heterocycles. The molecule has 0 bridgehead atoms. The minimum absolute atomic E-state index is 0.0117. The molecule has 2 unspecified atom stereocenters. The highest BCUT2D eigenvalue weighted by Gasteiger charge is 2.41. The molecule has 0 spiro atoms. The molecule has 0 saturated heterocycles. The molecule has 15 heteroatoms. The summed E-state index contributed by atoms with van der Waals surface area (Å²) in [5.41, 5.74) is 3.68. The van der Waals surface area contributed by atoms with Crippen LogP contribution in [0.4, 0.5) is 32.4 Å². The number of rotatable bonds is 13. The predicted molar refractivity (Wildman–Crippen MR) is 121 cm³/mol. The third kappa shape index (κ3) is 7.49. The lowest BCUT2D eigenvalue weighted by molar-refractivity contribution is -0.162. The molecule has 2 atom stereocenters. The number of nitrogens with two attached hydrogens (primary N) is 1. The third-order valence-corrected chi connectivity index (χ3v) is 5.20. The number of hydrogen-bond acceptors (Lipinski definition) is 6. The van der Waals surface area contributed by atoms with Gasteiger partial charge in [-0.3, -0.25) is 14.5 Å². The molecule has 1 aromatic rings. The Balaban J connectivity index is 3.72. The van der Waals surface area contributed by atoms with Crippen LogP contribution in [0.15, 0.2) is 0 Å². The largest absolute Gasteiger partial charge is 0.465 e. The molecule has 0 radical (unpaired) electrons. The van der Waals surface area contributed by atoms with Crippen molar-refractivity contribution >= 4 is 23.6 Å². The Morgan fingerprint density at radius 2 is 1.35 bits per heavy atom. The maximum atomic E-state index is 14.8. The van der Waals surface area contributed by atoms with Crippen molar-refractivity contribution in [3.63, 3.8) is 0 Å². The van der Waals surface area contributed by atoms with E-state index in [0.717, 1.165) is 11.8 Å². The van der Waals surface area contributed by atoms with Crippen molar-refractivity contribution in [3.05, 3.63) is 29.1 Å². The van der Waals surface area contributed by atoms with E-state index in [1.165, 1.54) is 0 Å². The monoisotopic (exact) mass is 542 g/mol. The minimum Gasteiger partial charge on any atom is -0.465 e. The number of hydrogen-bond donors (Lipinski definition) is 3. The van der Waals surface area contributed by atoms with E-state index in [1.807, 2.05) is 0 Å². The number of carbonyl (C=O) groups is 3. The summed E-state index contributed by atoms with van der Waals surface area (Å²) in [5, 5.41) is 10.7. The Bertz CT molecular complexity index is 948. The van der Waals surface area contributed by atoms with Crippen molar-refractivity contribution in [1.29, 1.82) is 0 Å². The standard InChI is InChI=1S/C22H31F5N4O6/c1-6-36-13(37-7-2)9-30(10(3)4)20(32)11(5)31(21(33)12(8-28)29-22(34)35)19-17(26)15(24)14(23)16(25)18(19)27/h10-13,29H,6-9,28H2,1-5H3,(H,34,35). The van der Waals surface area contributed by atoms with Crippen molar-refractivity contribution in [2.24, 2.45) is 5.73 Å². The van der Waals surface area contributed by atoms with E-state index in [0.29, 0.717) is 0 Å². The Kier molecular flexibility index (Phi) is 12.1. The van der Waals surface area contributed by atoms with Crippen molar-refractivity contribution in [2.75, 3.05) is 31.2 Å². The van der Waals surface area contributed by atoms with Crippen LogP contribution in [0.1, 0.15) is 34.6 Å². The zero-order chi connectivity index (χ0) is 28.6. The van der Waals surface area contributed by atoms with Crippen LogP contribution >= 0.6 is 0 Å². The maximum Gasteiger partial charge on any atom is 0.405 e. The second-order valence-corrected chi connectivity index (χ2v) is 7.97. The first-order chi connectivity index (χ1) is 17.2. The summed E-state index contributed by atoms with van der Waals surface area (Å²) in [6.07, 6.45) is -2.70. The van der Waals surface area contributed by atoms with Gasteiger partial charge in [0.1, 0.15) is 17.8 Å². The van der Waals surface area contributed by atoms with Gasteiger partial charge < -0.3 is 30.5 Å². The fourth-order valence-electron chi connectivity index (χ4n) is 3.43. The average molecular weight is 543 g/mol. The van der Waals surface area contributed by atoms with E-state index in [-0.39, 0.29) is 24.7 Å². The fraction of sp³-hybridized carbons (Fsp3) is 0.591. The van der Waals surface area contributed by atoms with Crippen LogP contribution in [-0.4, -0.2) is 78.6 Å². The summed E-state index contributed by atoms with van der Waals surface area (Å²) in [6, 6.07) is -4.39. The van der Waals surface area contributed by atoms with E-state index in [2.05, 4.69) is 0 Å². The summed E-state index contributed by atoms with van der Waals surface area (Å²) in [4.78, 5) is 38.9. The van der Waals surface area contributed by atoms with Crippen LogP contribution < -0.4 is 16.0 Å². The van der Waals surface area contributed by atoms with Crippen molar-refractivity contribution in [3.8, 4) is 0 Å². The first-order valence-electron chi connectivity index (χ1n) is 11.3. The molecule has 0 fully saturated rings. The Hall–Kier alpha value is -3.04. The highest BCUT2D eigenvalue weighted by atomic mass is 19.2. The molecular formula is C22H31F5N4O6. The fourth-order valence-corrected chi connectivity index (χ4v) is 3.43. The van der Waals surface area contributed by atoms with Gasteiger partial charge in [-0.25, -0.2) is 26.7 Å². The molecule has 37 heavy (non-hydrogen) atoms. The molecule has 1 rings (SSSR count). The first-order valence-corrected chi connectivity index (χ1v) is 11.3. The van der Waals surface area contributed by atoms with Gasteiger partial charge in [-0.1, -0.05) is 0 Å².